The van der Waals surface area contributed by atoms with E-state index >= 15 is 0 Å². The monoisotopic (exact) mass is 293 g/mol. The van der Waals surface area contributed by atoms with Crippen LogP contribution in [0.4, 0.5) is 0 Å². The Morgan fingerprint density at radius 3 is 2.88 bits per heavy atom. The SMILES string of the molecule is Cn1ncc(Br)c1-c1ccc2n1C(=O)CCC2. The number of aromatic nitrogens is 3. The molecule has 0 fully saturated rings. The van der Waals surface area contributed by atoms with E-state index in [0.717, 1.165) is 34.4 Å². The zero-order valence-electron chi connectivity index (χ0n) is 9.48. The molecule has 0 radical (unpaired) electrons. The van der Waals surface area contributed by atoms with Crippen LogP contribution in [0.3, 0.4) is 0 Å². The summed E-state index contributed by atoms with van der Waals surface area (Å²) >= 11 is 3.48. The second kappa shape index (κ2) is 3.84. The summed E-state index contributed by atoms with van der Waals surface area (Å²) in [4.78, 5) is 12.0. The van der Waals surface area contributed by atoms with Crippen molar-refractivity contribution in [1.82, 2.24) is 14.3 Å². The second-order valence-corrected chi connectivity index (χ2v) is 5.11. The number of hydrogen-bond acceptors (Lipinski definition) is 2. The maximum absolute atomic E-state index is 12.0. The summed E-state index contributed by atoms with van der Waals surface area (Å²) in [7, 11) is 1.88. The van der Waals surface area contributed by atoms with Gasteiger partial charge in [-0.3, -0.25) is 14.0 Å². The Morgan fingerprint density at radius 2 is 2.18 bits per heavy atom. The zero-order valence-corrected chi connectivity index (χ0v) is 11.1. The highest BCUT2D eigenvalue weighted by molar-refractivity contribution is 9.10. The van der Waals surface area contributed by atoms with Gasteiger partial charge in [0.15, 0.2) is 0 Å². The van der Waals surface area contributed by atoms with Crippen LogP contribution in [0.25, 0.3) is 11.4 Å². The number of hydrogen-bond donors (Lipinski definition) is 0. The van der Waals surface area contributed by atoms with E-state index in [1.807, 2.05) is 23.7 Å². The van der Waals surface area contributed by atoms with Crippen LogP contribution in [-0.4, -0.2) is 20.3 Å². The highest BCUT2D eigenvalue weighted by atomic mass is 79.9. The lowest BCUT2D eigenvalue weighted by atomic mass is 10.1. The van der Waals surface area contributed by atoms with Gasteiger partial charge in [-0.1, -0.05) is 0 Å². The quantitative estimate of drug-likeness (QED) is 0.811. The van der Waals surface area contributed by atoms with Gasteiger partial charge in [-0.05, 0) is 40.9 Å². The number of nitrogens with zero attached hydrogens (tertiary/aromatic N) is 3. The van der Waals surface area contributed by atoms with Crippen LogP contribution in [0.1, 0.15) is 23.3 Å². The predicted octanol–water partition coefficient (Wildman–Crippen LogP) is 2.63. The van der Waals surface area contributed by atoms with Gasteiger partial charge in [0.2, 0.25) is 5.91 Å². The molecule has 2 aromatic heterocycles. The van der Waals surface area contributed by atoms with E-state index in [1.165, 1.54) is 0 Å². The van der Waals surface area contributed by atoms with E-state index in [4.69, 9.17) is 0 Å². The molecule has 2 aromatic rings. The average molecular weight is 294 g/mol. The molecule has 17 heavy (non-hydrogen) atoms. The maximum atomic E-state index is 12.0. The third-order valence-electron chi connectivity index (χ3n) is 3.17. The third-order valence-corrected chi connectivity index (χ3v) is 3.75. The van der Waals surface area contributed by atoms with Crippen molar-refractivity contribution in [2.45, 2.75) is 19.3 Å². The summed E-state index contributed by atoms with van der Waals surface area (Å²) in [6, 6.07) is 4.03. The van der Waals surface area contributed by atoms with Gasteiger partial charge in [0, 0.05) is 19.2 Å². The molecule has 5 heteroatoms. The number of carbonyl (C=O) groups is 1. The first-order valence-corrected chi connectivity index (χ1v) is 6.39. The summed E-state index contributed by atoms with van der Waals surface area (Å²) in [6.07, 6.45) is 4.31. The first kappa shape index (κ1) is 10.8. The lowest BCUT2D eigenvalue weighted by Crippen LogP contribution is -2.20. The first-order chi connectivity index (χ1) is 8.18. The van der Waals surface area contributed by atoms with Crippen LogP contribution < -0.4 is 0 Å². The summed E-state index contributed by atoms with van der Waals surface area (Å²) in [5, 5.41) is 4.19. The summed E-state index contributed by atoms with van der Waals surface area (Å²) in [5.41, 5.74) is 2.98. The van der Waals surface area contributed by atoms with Gasteiger partial charge < -0.3 is 0 Å². The molecule has 0 N–H and O–H groups in total. The Labute approximate surface area is 107 Å². The minimum atomic E-state index is 0.180. The fraction of sp³-hybridized carbons (Fsp3) is 0.333. The van der Waals surface area contributed by atoms with Crippen LogP contribution in [-0.2, 0) is 13.5 Å². The van der Waals surface area contributed by atoms with Crippen molar-refractivity contribution in [2.75, 3.05) is 0 Å². The standard InChI is InChI=1S/C12H12BrN3O/c1-15-12(9(13)7-14-15)10-6-5-8-3-2-4-11(17)16(8)10/h5-7H,2-4H2,1H3. The fourth-order valence-electron chi connectivity index (χ4n) is 2.38. The third kappa shape index (κ3) is 1.57. The largest absolute Gasteiger partial charge is 0.283 e. The number of aryl methyl sites for hydroxylation is 2. The molecule has 0 atom stereocenters. The van der Waals surface area contributed by atoms with Gasteiger partial charge in [0.05, 0.1) is 22.1 Å². The lowest BCUT2D eigenvalue weighted by molar-refractivity contribution is 0.0886. The molecular formula is C12H12BrN3O. The zero-order chi connectivity index (χ0) is 12.0. The number of halogens is 1. The highest BCUT2D eigenvalue weighted by Crippen LogP contribution is 2.31. The molecule has 1 aliphatic heterocycles. The van der Waals surface area contributed by atoms with Gasteiger partial charge in [-0.15, -0.1) is 0 Å². The van der Waals surface area contributed by atoms with E-state index < -0.39 is 0 Å². The van der Waals surface area contributed by atoms with Crippen molar-refractivity contribution in [3.63, 3.8) is 0 Å². The Morgan fingerprint density at radius 1 is 1.35 bits per heavy atom. The van der Waals surface area contributed by atoms with Crippen LogP contribution in [0.15, 0.2) is 22.8 Å². The molecule has 0 spiro atoms. The molecule has 0 bridgehead atoms. The minimum absolute atomic E-state index is 0.180. The molecule has 1 aliphatic rings. The normalized spacial score (nSPS) is 15.1. The van der Waals surface area contributed by atoms with Crippen molar-refractivity contribution in [1.29, 1.82) is 0 Å². The topological polar surface area (TPSA) is 39.8 Å². The van der Waals surface area contributed by atoms with Crippen molar-refractivity contribution in [3.8, 4) is 11.4 Å². The van der Waals surface area contributed by atoms with E-state index in [9.17, 15) is 4.79 Å². The van der Waals surface area contributed by atoms with Gasteiger partial charge in [-0.25, -0.2) is 0 Å². The molecular weight excluding hydrogens is 282 g/mol. The van der Waals surface area contributed by atoms with Crippen molar-refractivity contribution in [2.24, 2.45) is 7.05 Å². The first-order valence-electron chi connectivity index (χ1n) is 5.60. The Kier molecular flexibility index (Phi) is 2.43. The lowest BCUT2D eigenvalue weighted by Gasteiger charge is -2.16. The molecule has 3 heterocycles. The van der Waals surface area contributed by atoms with E-state index in [2.05, 4.69) is 21.0 Å². The summed E-state index contributed by atoms with van der Waals surface area (Å²) in [5.74, 6) is 0.180. The molecule has 0 saturated carbocycles. The van der Waals surface area contributed by atoms with Gasteiger partial charge in [0.25, 0.3) is 0 Å². The molecule has 4 nitrogen and oxygen atoms in total. The number of carbonyl (C=O) groups excluding carboxylic acids is 1. The number of fused-ring (bicyclic) bond motifs is 1. The highest BCUT2D eigenvalue weighted by Gasteiger charge is 2.22. The average Bonchev–Trinajstić information content (AvgIpc) is 2.84. The Hall–Kier alpha value is -1.36. The van der Waals surface area contributed by atoms with Gasteiger partial charge in [-0.2, -0.15) is 5.10 Å². The Bertz CT molecular complexity index is 577. The van der Waals surface area contributed by atoms with Gasteiger partial charge in [0.1, 0.15) is 0 Å². The van der Waals surface area contributed by atoms with Gasteiger partial charge >= 0.3 is 0 Å². The number of rotatable bonds is 1. The fourth-order valence-corrected chi connectivity index (χ4v) is 2.94. The van der Waals surface area contributed by atoms with E-state index in [0.29, 0.717) is 6.42 Å². The second-order valence-electron chi connectivity index (χ2n) is 4.26. The van der Waals surface area contributed by atoms with E-state index in [1.54, 1.807) is 10.9 Å². The molecule has 0 aliphatic carbocycles. The summed E-state index contributed by atoms with van der Waals surface area (Å²) in [6.45, 7) is 0. The summed E-state index contributed by atoms with van der Waals surface area (Å²) < 4.78 is 4.53. The van der Waals surface area contributed by atoms with Crippen LogP contribution in [0.2, 0.25) is 0 Å². The molecule has 3 rings (SSSR count). The molecule has 88 valence electrons. The van der Waals surface area contributed by atoms with Crippen LogP contribution >= 0.6 is 15.9 Å². The predicted molar refractivity (Wildman–Crippen MR) is 67.9 cm³/mol. The van der Waals surface area contributed by atoms with Crippen molar-refractivity contribution in [3.05, 3.63) is 28.5 Å². The van der Waals surface area contributed by atoms with Crippen LogP contribution in [0, 0.1) is 0 Å². The minimum Gasteiger partial charge on any atom is -0.283 e. The van der Waals surface area contributed by atoms with Crippen molar-refractivity contribution < 1.29 is 4.79 Å². The molecule has 0 unspecified atom stereocenters. The maximum Gasteiger partial charge on any atom is 0.231 e. The van der Waals surface area contributed by atoms with Crippen molar-refractivity contribution >= 4 is 21.8 Å². The van der Waals surface area contributed by atoms with E-state index in [-0.39, 0.29) is 5.91 Å². The Balaban J connectivity index is 2.23. The molecule has 0 aromatic carbocycles. The molecule has 0 amide bonds. The van der Waals surface area contributed by atoms with Crippen LogP contribution in [0.5, 0.6) is 0 Å². The smallest absolute Gasteiger partial charge is 0.231 e. The molecule has 0 saturated heterocycles.